The maximum atomic E-state index is 13.9. The van der Waals surface area contributed by atoms with E-state index >= 15 is 0 Å². The molecular formula is C49H42FNO4. The largest absolute Gasteiger partial charge is 0.478 e. The van der Waals surface area contributed by atoms with Crippen molar-refractivity contribution >= 4 is 50.8 Å². The number of fused-ring (bicyclic) bond motifs is 5. The molecule has 2 aliphatic carbocycles. The molecule has 274 valence electrons. The lowest BCUT2D eigenvalue weighted by atomic mass is 9.64. The highest BCUT2D eigenvalue weighted by Gasteiger charge is 2.37. The Balaban J connectivity index is 1.32. The van der Waals surface area contributed by atoms with E-state index in [1.54, 1.807) is 24.3 Å². The van der Waals surface area contributed by atoms with Crippen molar-refractivity contribution in [2.75, 3.05) is 5.32 Å². The average Bonchev–Trinajstić information content (AvgIpc) is 3.15. The molecule has 0 bridgehead atoms. The second kappa shape index (κ2) is 13.6. The Morgan fingerprint density at radius 1 is 0.800 bits per heavy atom. The van der Waals surface area contributed by atoms with Crippen molar-refractivity contribution in [2.45, 2.75) is 52.1 Å². The van der Waals surface area contributed by atoms with Gasteiger partial charge >= 0.3 is 5.97 Å². The van der Waals surface area contributed by atoms with Gasteiger partial charge in [-0.25, -0.2) is 9.18 Å². The number of hydrogen-bond acceptors (Lipinski definition) is 3. The normalized spacial score (nSPS) is 16.3. The number of aromatic carboxylic acids is 1. The minimum Gasteiger partial charge on any atom is -0.478 e. The summed E-state index contributed by atoms with van der Waals surface area (Å²) in [5.41, 5.74) is 9.10. The van der Waals surface area contributed by atoms with Crippen LogP contribution in [0.15, 0.2) is 133 Å². The minimum absolute atomic E-state index is 0.0781. The lowest BCUT2D eigenvalue weighted by molar-refractivity contribution is 0.0696. The summed E-state index contributed by atoms with van der Waals surface area (Å²) in [7, 11) is 0. The minimum atomic E-state index is -1.02. The number of aliphatic hydroxyl groups excluding tert-OH is 1. The van der Waals surface area contributed by atoms with Crippen LogP contribution in [0.4, 0.5) is 10.1 Å². The van der Waals surface area contributed by atoms with Gasteiger partial charge in [-0.3, -0.25) is 4.79 Å². The van der Waals surface area contributed by atoms with Crippen LogP contribution in [-0.2, 0) is 5.41 Å². The number of aliphatic hydroxyl groups is 1. The molecule has 0 heterocycles. The van der Waals surface area contributed by atoms with E-state index in [1.165, 1.54) is 58.7 Å². The summed E-state index contributed by atoms with van der Waals surface area (Å²) in [4.78, 5) is 25.3. The van der Waals surface area contributed by atoms with Gasteiger partial charge in [-0.15, -0.1) is 0 Å². The van der Waals surface area contributed by atoms with Gasteiger partial charge in [0.25, 0.3) is 5.91 Å². The van der Waals surface area contributed by atoms with Gasteiger partial charge in [0.1, 0.15) is 5.82 Å². The molecule has 1 amide bonds. The number of allylic oxidation sites excluding steroid dienone is 4. The highest BCUT2D eigenvalue weighted by atomic mass is 19.1. The molecule has 1 unspecified atom stereocenters. The first-order chi connectivity index (χ1) is 26.3. The standard InChI is InChI=1S/C49H42FNO4/c1-48(2)24-23-37-35(27-48)28-49(3,4)45-40(37)21-17-33-25-34(26-41(43(33)45)51-46(53)31-14-18-36(50)19-15-31)39-20-16-30-7-5-6-8-38(30)44(39)42(52)22-11-29-9-12-32(13-10-29)47(54)55/h5-26,42,52H,27-28H2,1-4H3,(H,51,53)(H,54,55). The average molecular weight is 728 g/mol. The summed E-state index contributed by atoms with van der Waals surface area (Å²) in [6.45, 7) is 9.10. The smallest absolute Gasteiger partial charge is 0.335 e. The molecule has 6 aromatic rings. The lowest BCUT2D eigenvalue weighted by Gasteiger charge is -2.40. The molecule has 5 nitrogen and oxygen atoms in total. The number of amides is 1. The molecule has 1 atom stereocenters. The van der Waals surface area contributed by atoms with Crippen LogP contribution in [0.3, 0.4) is 0 Å². The quantitative estimate of drug-likeness (QED) is 0.153. The molecule has 0 fully saturated rings. The van der Waals surface area contributed by atoms with Crippen LogP contribution in [0.1, 0.15) is 89.6 Å². The van der Waals surface area contributed by atoms with Crippen LogP contribution < -0.4 is 5.32 Å². The number of rotatable bonds is 7. The zero-order valence-corrected chi connectivity index (χ0v) is 31.3. The topological polar surface area (TPSA) is 86.6 Å². The van der Waals surface area contributed by atoms with Crippen molar-refractivity contribution in [3.8, 4) is 11.1 Å². The molecule has 8 rings (SSSR count). The number of hydrogen-bond donors (Lipinski definition) is 3. The maximum Gasteiger partial charge on any atom is 0.335 e. The van der Waals surface area contributed by atoms with Crippen molar-refractivity contribution < 1.29 is 24.2 Å². The molecular weight excluding hydrogens is 686 g/mol. The second-order valence-corrected chi connectivity index (χ2v) is 16.1. The van der Waals surface area contributed by atoms with Crippen molar-refractivity contribution in [2.24, 2.45) is 5.41 Å². The van der Waals surface area contributed by atoms with Crippen LogP contribution >= 0.6 is 0 Å². The fourth-order valence-electron chi connectivity index (χ4n) is 8.54. The third-order valence-electron chi connectivity index (χ3n) is 11.1. The van der Waals surface area contributed by atoms with E-state index in [4.69, 9.17) is 0 Å². The Bertz CT molecular complexity index is 2630. The van der Waals surface area contributed by atoms with Crippen LogP contribution in [0.2, 0.25) is 0 Å². The molecule has 6 aromatic carbocycles. The van der Waals surface area contributed by atoms with E-state index in [9.17, 15) is 24.2 Å². The Hall–Kier alpha value is -6.11. The lowest BCUT2D eigenvalue weighted by Crippen LogP contribution is -2.28. The molecule has 2 aliphatic rings. The van der Waals surface area contributed by atoms with Gasteiger partial charge in [0, 0.05) is 22.2 Å². The van der Waals surface area contributed by atoms with Crippen LogP contribution in [0.5, 0.6) is 0 Å². The summed E-state index contributed by atoms with van der Waals surface area (Å²) in [5.74, 6) is -1.76. The molecule has 6 heteroatoms. The number of halogens is 1. The molecule has 0 aliphatic heterocycles. The van der Waals surface area contributed by atoms with Gasteiger partial charge in [0.15, 0.2) is 0 Å². The van der Waals surface area contributed by atoms with Gasteiger partial charge < -0.3 is 15.5 Å². The summed E-state index contributed by atoms with van der Waals surface area (Å²) in [6.07, 6.45) is 8.91. The number of carboxylic acid groups (broad SMARTS) is 1. The first-order valence-electron chi connectivity index (χ1n) is 18.6. The van der Waals surface area contributed by atoms with Crippen molar-refractivity contribution in [3.63, 3.8) is 0 Å². The van der Waals surface area contributed by atoms with E-state index in [2.05, 4.69) is 63.4 Å². The zero-order chi connectivity index (χ0) is 38.6. The number of nitrogens with one attached hydrogen (secondary N) is 1. The van der Waals surface area contributed by atoms with Crippen LogP contribution in [-0.4, -0.2) is 22.1 Å². The first kappa shape index (κ1) is 35.9. The SMILES string of the molecule is CC1(C)C=CC2=C(C1)CC(C)(C)c1c2ccc2cc(-c3ccc4ccccc4c3C(O)C=Cc3ccc(C(=O)O)cc3)cc(NC(=O)c3ccc(F)cc3)c12. The third-order valence-corrected chi connectivity index (χ3v) is 11.1. The van der Waals surface area contributed by atoms with Crippen molar-refractivity contribution in [3.05, 3.63) is 172 Å². The fourth-order valence-corrected chi connectivity index (χ4v) is 8.54. The Morgan fingerprint density at radius 2 is 1.49 bits per heavy atom. The third kappa shape index (κ3) is 6.79. The molecule has 0 aromatic heterocycles. The van der Waals surface area contributed by atoms with Gasteiger partial charge in [0.05, 0.1) is 11.7 Å². The second-order valence-electron chi connectivity index (χ2n) is 16.1. The van der Waals surface area contributed by atoms with Gasteiger partial charge in [-0.1, -0.05) is 118 Å². The number of carbonyl (C=O) groups excluding carboxylic acids is 1. The van der Waals surface area contributed by atoms with Crippen molar-refractivity contribution in [1.82, 2.24) is 0 Å². The highest BCUT2D eigenvalue weighted by Crippen LogP contribution is 2.52. The Kier molecular flexibility index (Phi) is 8.90. The monoisotopic (exact) mass is 727 g/mol. The zero-order valence-electron chi connectivity index (χ0n) is 31.3. The molecule has 3 N–H and O–H groups in total. The number of benzene rings is 6. The number of carboxylic acids is 1. The molecule has 0 radical (unpaired) electrons. The first-order valence-corrected chi connectivity index (χ1v) is 18.6. The van der Waals surface area contributed by atoms with E-state index in [0.717, 1.165) is 51.1 Å². The molecule has 55 heavy (non-hydrogen) atoms. The maximum absolute atomic E-state index is 13.9. The number of carbonyl (C=O) groups is 2. The number of anilines is 1. The molecule has 0 spiro atoms. The van der Waals surface area contributed by atoms with E-state index < -0.39 is 17.9 Å². The Morgan fingerprint density at radius 3 is 2.24 bits per heavy atom. The van der Waals surface area contributed by atoms with Gasteiger partial charge in [-0.2, -0.15) is 0 Å². The van der Waals surface area contributed by atoms with Crippen molar-refractivity contribution in [1.29, 1.82) is 0 Å². The molecule has 0 saturated heterocycles. The van der Waals surface area contributed by atoms with E-state index in [1.807, 2.05) is 42.5 Å². The van der Waals surface area contributed by atoms with Gasteiger partial charge in [-0.05, 0) is 122 Å². The summed E-state index contributed by atoms with van der Waals surface area (Å²) in [5, 5.41) is 28.3. The van der Waals surface area contributed by atoms with E-state index in [-0.39, 0.29) is 22.3 Å². The van der Waals surface area contributed by atoms with Crippen LogP contribution in [0.25, 0.3) is 44.3 Å². The summed E-state index contributed by atoms with van der Waals surface area (Å²) in [6, 6.07) is 32.5. The van der Waals surface area contributed by atoms with Gasteiger partial charge in [0.2, 0.25) is 0 Å². The molecule has 0 saturated carbocycles. The fraction of sp³-hybridized carbons (Fsp3) is 0.184. The predicted octanol–water partition coefficient (Wildman–Crippen LogP) is 11.9. The summed E-state index contributed by atoms with van der Waals surface area (Å²) < 4.78 is 13.9. The Labute approximate surface area is 320 Å². The summed E-state index contributed by atoms with van der Waals surface area (Å²) >= 11 is 0. The highest BCUT2D eigenvalue weighted by molar-refractivity contribution is 6.13. The van der Waals surface area contributed by atoms with Crippen LogP contribution in [0, 0.1) is 11.2 Å². The predicted molar refractivity (Wildman–Crippen MR) is 221 cm³/mol. The van der Waals surface area contributed by atoms with E-state index in [0.29, 0.717) is 16.8 Å².